The Bertz CT molecular complexity index is 1550. The third-order valence-electron chi connectivity index (χ3n) is 6.01. The number of rotatable bonds is 4. The van der Waals surface area contributed by atoms with E-state index < -0.39 is 24.3 Å². The van der Waals surface area contributed by atoms with Crippen molar-refractivity contribution in [1.82, 2.24) is 19.7 Å². The number of halogens is 3. The van der Waals surface area contributed by atoms with Crippen LogP contribution in [-0.4, -0.2) is 30.8 Å². The number of hydrogen-bond donors (Lipinski definition) is 1. The van der Waals surface area contributed by atoms with Crippen molar-refractivity contribution in [2.45, 2.75) is 19.3 Å². The van der Waals surface area contributed by atoms with Crippen LogP contribution in [0.1, 0.15) is 27.0 Å². The Balaban J connectivity index is 1.59. The number of fused-ring (bicyclic) bond motifs is 1. The third-order valence-corrected chi connectivity index (χ3v) is 6.01. The average Bonchev–Trinajstić information content (AvgIpc) is 3.45. The van der Waals surface area contributed by atoms with E-state index >= 15 is 0 Å². The predicted octanol–water partition coefficient (Wildman–Crippen LogP) is 4.77. The van der Waals surface area contributed by atoms with Crippen molar-refractivity contribution < 1.29 is 23.1 Å². The molecule has 3 heterocycles. The van der Waals surface area contributed by atoms with Crippen LogP contribution < -0.4 is 4.90 Å². The number of hydrogen-bond acceptors (Lipinski definition) is 5. The summed E-state index contributed by atoms with van der Waals surface area (Å²) in [7, 11) is 1.76. The van der Waals surface area contributed by atoms with E-state index in [4.69, 9.17) is 6.57 Å². The first kappa shape index (κ1) is 23.2. The third kappa shape index (κ3) is 3.87. The molecule has 0 saturated carbocycles. The summed E-state index contributed by atoms with van der Waals surface area (Å²) in [6, 6.07) is 10.5. The van der Waals surface area contributed by atoms with Crippen LogP contribution in [0.3, 0.4) is 0 Å². The van der Waals surface area contributed by atoms with Crippen LogP contribution in [0.25, 0.3) is 27.4 Å². The molecule has 0 radical (unpaired) electrons. The summed E-state index contributed by atoms with van der Waals surface area (Å²) in [4.78, 5) is 22.1. The number of anilines is 1. The maximum absolute atomic E-state index is 13.7. The molecule has 1 amide bonds. The first-order valence-corrected chi connectivity index (χ1v) is 10.7. The monoisotopic (exact) mass is 490 g/mol. The Morgan fingerprint density at radius 3 is 2.58 bits per heavy atom. The van der Waals surface area contributed by atoms with E-state index in [9.17, 15) is 23.1 Å². The molecule has 0 saturated heterocycles. The van der Waals surface area contributed by atoms with Gasteiger partial charge in [0.1, 0.15) is 12.1 Å². The Morgan fingerprint density at radius 1 is 1.11 bits per heavy atom. The fraction of sp³-hybridized carbons (Fsp3) is 0.160. The van der Waals surface area contributed by atoms with Gasteiger partial charge in [-0.2, -0.15) is 13.2 Å². The Labute approximate surface area is 203 Å². The molecule has 11 heteroatoms. The van der Waals surface area contributed by atoms with Crippen molar-refractivity contribution in [3.63, 3.8) is 0 Å². The maximum atomic E-state index is 13.7. The van der Waals surface area contributed by atoms with E-state index in [1.165, 1.54) is 23.5 Å². The van der Waals surface area contributed by atoms with Crippen LogP contribution in [0.2, 0.25) is 0 Å². The number of amides is 1. The number of nitrogens with zero attached hydrogens (tertiary/aromatic N) is 6. The molecule has 180 valence electrons. The zero-order valence-electron chi connectivity index (χ0n) is 18.8. The maximum Gasteiger partial charge on any atom is 0.416 e. The minimum Gasteiger partial charge on any atom is -0.392 e. The Kier molecular flexibility index (Phi) is 5.53. The largest absolute Gasteiger partial charge is 0.416 e. The minimum absolute atomic E-state index is 0.00574. The highest BCUT2D eigenvalue weighted by atomic mass is 19.4. The summed E-state index contributed by atoms with van der Waals surface area (Å²) in [5.41, 5.74) is 1.14. The molecule has 1 N–H and O–H groups in total. The van der Waals surface area contributed by atoms with E-state index in [2.05, 4.69) is 20.0 Å². The van der Waals surface area contributed by atoms with Crippen molar-refractivity contribution in [2.24, 2.45) is 7.05 Å². The summed E-state index contributed by atoms with van der Waals surface area (Å²) < 4.78 is 42.8. The van der Waals surface area contributed by atoms with E-state index in [1.54, 1.807) is 41.9 Å². The summed E-state index contributed by atoms with van der Waals surface area (Å²) in [6.45, 7) is 6.42. The fourth-order valence-electron chi connectivity index (χ4n) is 4.30. The molecule has 0 bridgehead atoms. The van der Waals surface area contributed by atoms with E-state index in [0.717, 1.165) is 6.07 Å². The molecule has 0 unspecified atom stereocenters. The zero-order valence-corrected chi connectivity index (χ0v) is 18.8. The molecule has 0 fully saturated rings. The zero-order chi connectivity index (χ0) is 25.6. The molecule has 5 rings (SSSR count). The average molecular weight is 490 g/mol. The van der Waals surface area contributed by atoms with Crippen LogP contribution in [0.5, 0.6) is 0 Å². The van der Waals surface area contributed by atoms with Crippen molar-refractivity contribution in [1.29, 1.82) is 0 Å². The van der Waals surface area contributed by atoms with Crippen molar-refractivity contribution in [3.05, 3.63) is 88.7 Å². The van der Waals surface area contributed by atoms with Gasteiger partial charge in [-0.1, -0.05) is 12.1 Å². The van der Waals surface area contributed by atoms with Crippen molar-refractivity contribution in [3.8, 4) is 22.5 Å². The number of benzene rings is 2. The van der Waals surface area contributed by atoms with Gasteiger partial charge < -0.3 is 9.67 Å². The highest BCUT2D eigenvalue weighted by molar-refractivity contribution is 6.10. The number of aryl methyl sites for hydroxylation is 1. The lowest BCUT2D eigenvalue weighted by molar-refractivity contribution is -0.138. The molecule has 0 spiro atoms. The lowest BCUT2D eigenvalue weighted by Gasteiger charge is -2.17. The Morgan fingerprint density at radius 2 is 1.92 bits per heavy atom. The molecule has 4 aromatic rings. The molecular formula is C25H17F3N6O2. The molecule has 2 aromatic heterocycles. The van der Waals surface area contributed by atoms with Gasteiger partial charge in [0.15, 0.2) is 11.5 Å². The lowest BCUT2D eigenvalue weighted by atomic mass is 9.99. The van der Waals surface area contributed by atoms with Crippen LogP contribution >= 0.6 is 0 Å². The smallest absolute Gasteiger partial charge is 0.392 e. The van der Waals surface area contributed by atoms with E-state index in [1.807, 2.05) is 0 Å². The molecule has 8 nitrogen and oxygen atoms in total. The van der Waals surface area contributed by atoms with Crippen LogP contribution in [0, 0.1) is 6.57 Å². The first-order chi connectivity index (χ1) is 17.2. The quantitative estimate of drug-likeness (QED) is 0.417. The molecule has 36 heavy (non-hydrogen) atoms. The van der Waals surface area contributed by atoms with E-state index in [-0.39, 0.29) is 29.1 Å². The fourth-order valence-corrected chi connectivity index (χ4v) is 4.30. The second kappa shape index (κ2) is 8.58. The predicted molar refractivity (Wildman–Crippen MR) is 124 cm³/mol. The highest BCUT2D eigenvalue weighted by Gasteiger charge is 2.40. The summed E-state index contributed by atoms with van der Waals surface area (Å²) in [5.74, 6) is 0.0581. The summed E-state index contributed by atoms with van der Waals surface area (Å²) in [6.07, 6.45) is -1.69. The van der Waals surface area contributed by atoms with Crippen molar-refractivity contribution in [2.75, 3.05) is 4.90 Å². The molecule has 0 atom stereocenters. The van der Waals surface area contributed by atoms with Crippen LogP contribution in [0.4, 0.5) is 24.7 Å². The highest BCUT2D eigenvalue weighted by Crippen LogP contribution is 2.40. The number of aliphatic hydroxyl groups excluding tert-OH is 1. The summed E-state index contributed by atoms with van der Waals surface area (Å²) in [5, 5.41) is 17.5. The van der Waals surface area contributed by atoms with Gasteiger partial charge in [-0.05, 0) is 52.6 Å². The first-order valence-electron chi connectivity index (χ1n) is 10.7. The Hall–Kier alpha value is -4.56. The second-order valence-electron chi connectivity index (χ2n) is 8.23. The summed E-state index contributed by atoms with van der Waals surface area (Å²) >= 11 is 0. The normalized spacial score (nSPS) is 13.1. The standard InChI is InChI=1S/C25H17F3N6O2/c1-29-16-3-4-17(18(10-16)23-32-31-13-33(23)2)15-5-6-30-22(9-15)34-11-20-19(24(34)36)7-14(12-35)8-21(20)25(26,27)28/h3-10,13,35H,11-12H2,2H3. The lowest BCUT2D eigenvalue weighted by Crippen LogP contribution is -2.24. The molecular weight excluding hydrogens is 473 g/mol. The number of alkyl halides is 3. The van der Waals surface area contributed by atoms with Crippen LogP contribution in [-0.2, 0) is 26.4 Å². The number of aliphatic hydroxyl groups is 1. The topological polar surface area (TPSA) is 88.5 Å². The molecule has 1 aliphatic rings. The van der Waals surface area contributed by atoms with Crippen LogP contribution in [0.15, 0.2) is 55.0 Å². The van der Waals surface area contributed by atoms with Gasteiger partial charge in [0, 0.05) is 24.4 Å². The van der Waals surface area contributed by atoms with Crippen molar-refractivity contribution >= 4 is 17.4 Å². The van der Waals surface area contributed by atoms with Gasteiger partial charge in [0.25, 0.3) is 5.91 Å². The number of carbonyl (C=O) groups is 1. The van der Waals surface area contributed by atoms with E-state index in [0.29, 0.717) is 28.2 Å². The second-order valence-corrected chi connectivity index (χ2v) is 8.23. The van der Waals surface area contributed by atoms with Gasteiger partial charge in [0.05, 0.1) is 25.3 Å². The van der Waals surface area contributed by atoms with Gasteiger partial charge in [0.2, 0.25) is 0 Å². The van der Waals surface area contributed by atoms with Gasteiger partial charge in [-0.3, -0.25) is 9.69 Å². The molecule has 2 aromatic carbocycles. The van der Waals surface area contributed by atoms with Gasteiger partial charge >= 0.3 is 6.18 Å². The molecule has 1 aliphatic heterocycles. The van der Waals surface area contributed by atoms with Gasteiger partial charge in [-0.25, -0.2) is 9.83 Å². The minimum atomic E-state index is -4.68. The number of pyridine rings is 1. The van der Waals surface area contributed by atoms with Gasteiger partial charge in [-0.15, -0.1) is 10.2 Å². The number of carbonyl (C=O) groups excluding carboxylic acids is 1. The SMILES string of the molecule is [C-]#[N+]c1ccc(-c2ccnc(N3Cc4c(cc(CO)cc4C(F)(F)F)C3=O)c2)c(-c2nncn2C)c1. The molecule has 0 aliphatic carbocycles. The number of aromatic nitrogens is 4.